The van der Waals surface area contributed by atoms with Crippen molar-refractivity contribution in [2.75, 3.05) is 7.11 Å². The van der Waals surface area contributed by atoms with E-state index in [2.05, 4.69) is 9.72 Å². The van der Waals surface area contributed by atoms with Crippen LogP contribution in [-0.4, -0.2) is 36.2 Å². The van der Waals surface area contributed by atoms with Gasteiger partial charge in [-0.05, 0) is 17.7 Å². The van der Waals surface area contributed by atoms with Gasteiger partial charge < -0.3 is 10.1 Å². The molecule has 0 aliphatic rings. The number of methoxy groups -OCH3 is 1. The minimum atomic E-state index is -4.62. The van der Waals surface area contributed by atoms with E-state index in [-0.39, 0.29) is 11.3 Å². The van der Waals surface area contributed by atoms with Gasteiger partial charge in [0.15, 0.2) is 0 Å². The molecule has 0 saturated heterocycles. The Hall–Kier alpha value is -2.90. The molecule has 0 aliphatic carbocycles. The summed E-state index contributed by atoms with van der Waals surface area (Å²) in [4.78, 5) is 27.3. The van der Waals surface area contributed by atoms with Crippen LogP contribution < -0.4 is 5.32 Å². The number of aromatic nitrogens is 1. The number of carbonyl (C=O) groups is 2. The molecule has 8 heteroatoms. The first-order valence-electron chi connectivity index (χ1n) is 7.27. The van der Waals surface area contributed by atoms with E-state index < -0.39 is 30.5 Å². The summed E-state index contributed by atoms with van der Waals surface area (Å²) in [5.74, 6) is -1.74. The lowest BCUT2D eigenvalue weighted by Crippen LogP contribution is -2.46. The van der Waals surface area contributed by atoms with Gasteiger partial charge in [-0.15, -0.1) is 0 Å². The van der Waals surface area contributed by atoms with Crippen LogP contribution in [0.25, 0.3) is 0 Å². The molecule has 0 bridgehead atoms. The predicted octanol–water partition coefficient (Wildman–Crippen LogP) is 2.77. The molecular weight excluding hydrogens is 337 g/mol. The van der Waals surface area contributed by atoms with Gasteiger partial charge in [0, 0.05) is 18.2 Å². The van der Waals surface area contributed by atoms with Crippen LogP contribution >= 0.6 is 0 Å². The van der Waals surface area contributed by atoms with Gasteiger partial charge in [0.1, 0.15) is 11.7 Å². The molecule has 1 aromatic heterocycles. The monoisotopic (exact) mass is 352 g/mol. The number of rotatable bonds is 5. The Kier molecular flexibility index (Phi) is 5.74. The highest BCUT2D eigenvalue weighted by atomic mass is 19.4. The lowest BCUT2D eigenvalue weighted by molar-refractivity contribution is -0.153. The fourth-order valence-corrected chi connectivity index (χ4v) is 2.13. The molecule has 2 aromatic rings. The quantitative estimate of drug-likeness (QED) is 0.841. The van der Waals surface area contributed by atoms with Crippen molar-refractivity contribution in [3.63, 3.8) is 0 Å². The number of halogens is 3. The van der Waals surface area contributed by atoms with Crippen molar-refractivity contribution in [2.45, 2.75) is 18.6 Å². The van der Waals surface area contributed by atoms with Crippen LogP contribution in [0.5, 0.6) is 0 Å². The first kappa shape index (κ1) is 18.4. The van der Waals surface area contributed by atoms with E-state index in [1.54, 1.807) is 30.3 Å². The van der Waals surface area contributed by atoms with Crippen LogP contribution in [0.4, 0.5) is 13.2 Å². The van der Waals surface area contributed by atoms with Crippen molar-refractivity contribution in [3.8, 4) is 0 Å². The number of carbonyl (C=O) groups excluding carboxylic acids is 2. The summed E-state index contributed by atoms with van der Waals surface area (Å²) in [6, 6.07) is 8.27. The van der Waals surface area contributed by atoms with Gasteiger partial charge in [0.2, 0.25) is 0 Å². The second-order valence-electron chi connectivity index (χ2n) is 5.18. The summed E-state index contributed by atoms with van der Waals surface area (Å²) >= 11 is 0. The number of amides is 1. The summed E-state index contributed by atoms with van der Waals surface area (Å²) in [5, 5.41) is 1.96. The number of alkyl halides is 3. The van der Waals surface area contributed by atoms with Crippen molar-refractivity contribution in [3.05, 3.63) is 65.5 Å². The fourth-order valence-electron chi connectivity index (χ4n) is 2.13. The Morgan fingerprint density at radius 3 is 2.48 bits per heavy atom. The van der Waals surface area contributed by atoms with Gasteiger partial charge in [-0.2, -0.15) is 13.2 Å². The summed E-state index contributed by atoms with van der Waals surface area (Å²) in [7, 11) is 1.14. The molecule has 0 spiro atoms. The van der Waals surface area contributed by atoms with Gasteiger partial charge in [0.25, 0.3) is 5.91 Å². The Morgan fingerprint density at radius 1 is 1.20 bits per heavy atom. The minimum absolute atomic E-state index is 0.113. The molecule has 1 amide bonds. The Labute approximate surface area is 141 Å². The van der Waals surface area contributed by atoms with E-state index in [1.165, 1.54) is 6.07 Å². The third-order valence-corrected chi connectivity index (χ3v) is 3.40. The molecule has 0 saturated carbocycles. The third-order valence-electron chi connectivity index (χ3n) is 3.40. The van der Waals surface area contributed by atoms with Gasteiger partial charge >= 0.3 is 12.1 Å². The highest BCUT2D eigenvalue weighted by Crippen LogP contribution is 2.23. The maximum atomic E-state index is 13.2. The zero-order chi connectivity index (χ0) is 18.4. The van der Waals surface area contributed by atoms with E-state index in [1.807, 2.05) is 5.32 Å². The largest absolute Gasteiger partial charge is 0.464 e. The zero-order valence-corrected chi connectivity index (χ0v) is 13.2. The number of nitrogens with zero attached hydrogens (tertiary/aromatic N) is 1. The molecule has 25 heavy (non-hydrogen) atoms. The van der Waals surface area contributed by atoms with Gasteiger partial charge in [0.05, 0.1) is 7.11 Å². The van der Waals surface area contributed by atoms with Crippen LogP contribution in [0, 0.1) is 0 Å². The Morgan fingerprint density at radius 2 is 1.88 bits per heavy atom. The van der Waals surface area contributed by atoms with Crippen LogP contribution in [-0.2, 0) is 11.2 Å². The molecular formula is C17H15F3N2O3. The highest BCUT2D eigenvalue weighted by molar-refractivity contribution is 5.97. The first-order valence-corrected chi connectivity index (χ1v) is 7.27. The summed E-state index contributed by atoms with van der Waals surface area (Å²) in [6.07, 6.45) is -3.87. The maximum absolute atomic E-state index is 13.2. The molecule has 0 aliphatic heterocycles. The topological polar surface area (TPSA) is 68.3 Å². The van der Waals surface area contributed by atoms with Crippen LogP contribution in [0.2, 0.25) is 0 Å². The standard InChI is InChI=1S/C17H15F3N2O3/c1-25-16(24)13-10-12(7-8-21-13)15(23)22-14(17(18,19)20)9-11-5-3-2-4-6-11/h2-8,10,14H,9H2,1H3,(H,22,23). The van der Waals surface area contributed by atoms with Crippen LogP contribution in [0.3, 0.4) is 0 Å². The van der Waals surface area contributed by atoms with E-state index >= 15 is 0 Å². The Bertz CT molecular complexity index is 748. The number of ether oxygens (including phenoxy) is 1. The van der Waals surface area contributed by atoms with E-state index in [0.717, 1.165) is 19.4 Å². The molecule has 1 N–H and O–H groups in total. The van der Waals surface area contributed by atoms with E-state index in [0.29, 0.717) is 5.56 Å². The summed E-state index contributed by atoms with van der Waals surface area (Å²) in [6.45, 7) is 0. The van der Waals surface area contributed by atoms with Crippen molar-refractivity contribution in [2.24, 2.45) is 0 Å². The highest BCUT2D eigenvalue weighted by Gasteiger charge is 2.40. The van der Waals surface area contributed by atoms with Gasteiger partial charge in [-0.3, -0.25) is 4.79 Å². The lowest BCUT2D eigenvalue weighted by Gasteiger charge is -2.22. The molecule has 0 radical (unpaired) electrons. The smallest absolute Gasteiger partial charge is 0.408 e. The van der Waals surface area contributed by atoms with Crippen LogP contribution in [0.1, 0.15) is 26.4 Å². The molecule has 0 fully saturated rings. The van der Waals surface area contributed by atoms with Crippen molar-refractivity contribution in [1.82, 2.24) is 10.3 Å². The van der Waals surface area contributed by atoms with E-state index in [9.17, 15) is 22.8 Å². The summed E-state index contributed by atoms with van der Waals surface area (Å²) < 4.78 is 44.2. The van der Waals surface area contributed by atoms with Crippen LogP contribution in [0.15, 0.2) is 48.7 Å². The first-order chi connectivity index (χ1) is 11.8. The SMILES string of the molecule is COC(=O)c1cc(C(=O)NC(Cc2ccccc2)C(F)(F)F)ccn1. The fraction of sp³-hybridized carbons (Fsp3) is 0.235. The number of nitrogens with one attached hydrogen (secondary N) is 1. The normalized spacial score (nSPS) is 12.3. The average molecular weight is 352 g/mol. The molecule has 1 unspecified atom stereocenters. The van der Waals surface area contributed by atoms with Crippen molar-refractivity contribution >= 4 is 11.9 Å². The number of esters is 1. The number of hydrogen-bond acceptors (Lipinski definition) is 4. The molecule has 5 nitrogen and oxygen atoms in total. The van der Waals surface area contributed by atoms with Gasteiger partial charge in [-0.25, -0.2) is 9.78 Å². The third kappa shape index (κ3) is 5.03. The average Bonchev–Trinajstić information content (AvgIpc) is 2.60. The molecule has 1 atom stereocenters. The molecule has 1 heterocycles. The number of benzene rings is 1. The van der Waals surface area contributed by atoms with Crippen molar-refractivity contribution in [1.29, 1.82) is 0 Å². The number of pyridine rings is 1. The maximum Gasteiger partial charge on any atom is 0.408 e. The minimum Gasteiger partial charge on any atom is -0.464 e. The van der Waals surface area contributed by atoms with Gasteiger partial charge in [-0.1, -0.05) is 30.3 Å². The molecule has 2 rings (SSSR count). The Balaban J connectivity index is 2.18. The zero-order valence-electron chi connectivity index (χ0n) is 13.2. The van der Waals surface area contributed by atoms with Crippen molar-refractivity contribution < 1.29 is 27.5 Å². The second kappa shape index (κ2) is 7.78. The van der Waals surface area contributed by atoms with E-state index in [4.69, 9.17) is 0 Å². The predicted molar refractivity (Wildman–Crippen MR) is 83.0 cm³/mol. The molecule has 132 valence electrons. The second-order valence-corrected chi connectivity index (χ2v) is 5.18. The number of hydrogen-bond donors (Lipinski definition) is 1. The lowest BCUT2D eigenvalue weighted by atomic mass is 10.0. The summed E-state index contributed by atoms with van der Waals surface area (Å²) in [5.41, 5.74) is 0.162. The molecule has 1 aromatic carbocycles.